The van der Waals surface area contributed by atoms with Crippen LogP contribution in [0, 0.1) is 11.6 Å². The Kier molecular flexibility index (Phi) is 5.22. The summed E-state index contributed by atoms with van der Waals surface area (Å²) in [4.78, 5) is 11.1. The van der Waals surface area contributed by atoms with Gasteiger partial charge in [-0.3, -0.25) is 4.79 Å². The number of hydrogen-bond donors (Lipinski definition) is 2. The maximum atomic E-state index is 13.2. The summed E-state index contributed by atoms with van der Waals surface area (Å²) in [6.07, 6.45) is -4.40. The molecule has 0 heterocycles. The van der Waals surface area contributed by atoms with Crippen LogP contribution < -0.4 is 10.6 Å². The second-order valence-electron chi connectivity index (χ2n) is 3.73. The molecule has 0 aromatic heterocycles. The monoisotopic (exact) mass is 282 g/mol. The topological polar surface area (TPSA) is 41.1 Å². The number of alkyl halides is 3. The van der Waals surface area contributed by atoms with Crippen molar-refractivity contribution in [1.82, 2.24) is 10.6 Å². The average Bonchev–Trinajstić information content (AvgIpc) is 2.26. The van der Waals surface area contributed by atoms with Gasteiger partial charge >= 0.3 is 6.18 Å². The Morgan fingerprint density at radius 3 is 2.47 bits per heavy atom. The number of carbonyl (C=O) groups excluding carboxylic acids is 1. The first-order valence-electron chi connectivity index (χ1n) is 5.26. The largest absolute Gasteiger partial charge is 0.401 e. The normalized spacial score (nSPS) is 11.4. The zero-order valence-electron chi connectivity index (χ0n) is 9.65. The van der Waals surface area contributed by atoms with E-state index in [2.05, 4.69) is 5.32 Å². The van der Waals surface area contributed by atoms with Gasteiger partial charge in [-0.1, -0.05) is 6.07 Å². The Hall–Kier alpha value is -1.70. The second-order valence-corrected chi connectivity index (χ2v) is 3.73. The molecule has 0 unspecified atom stereocenters. The molecule has 0 aliphatic heterocycles. The predicted molar refractivity (Wildman–Crippen MR) is 57.1 cm³/mol. The van der Waals surface area contributed by atoms with Crippen LogP contribution in [0.1, 0.15) is 5.56 Å². The SMILES string of the molecule is O=C(CNCC(F)(F)F)NCc1ccc(F)cc1F. The maximum absolute atomic E-state index is 13.2. The summed E-state index contributed by atoms with van der Waals surface area (Å²) in [5.41, 5.74) is 0.0468. The summed E-state index contributed by atoms with van der Waals surface area (Å²) >= 11 is 0. The molecule has 0 fully saturated rings. The molecule has 1 rings (SSSR count). The molecule has 0 saturated carbocycles. The van der Waals surface area contributed by atoms with E-state index in [0.29, 0.717) is 6.07 Å². The molecule has 1 aromatic rings. The van der Waals surface area contributed by atoms with E-state index < -0.39 is 36.8 Å². The molecule has 1 amide bonds. The first-order valence-corrected chi connectivity index (χ1v) is 5.26. The number of hydrogen-bond acceptors (Lipinski definition) is 2. The molecule has 8 heteroatoms. The highest BCUT2D eigenvalue weighted by atomic mass is 19.4. The second kappa shape index (κ2) is 6.46. The lowest BCUT2D eigenvalue weighted by Crippen LogP contribution is -2.38. The maximum Gasteiger partial charge on any atom is 0.401 e. The quantitative estimate of drug-likeness (QED) is 0.808. The van der Waals surface area contributed by atoms with Gasteiger partial charge in [0.1, 0.15) is 11.6 Å². The number of benzene rings is 1. The van der Waals surface area contributed by atoms with E-state index in [1.54, 1.807) is 0 Å². The van der Waals surface area contributed by atoms with Crippen molar-refractivity contribution in [3.63, 3.8) is 0 Å². The first-order chi connectivity index (χ1) is 8.78. The fourth-order valence-electron chi connectivity index (χ4n) is 1.24. The van der Waals surface area contributed by atoms with Crippen LogP contribution in [0.3, 0.4) is 0 Å². The Morgan fingerprint density at radius 2 is 1.89 bits per heavy atom. The van der Waals surface area contributed by atoms with E-state index in [0.717, 1.165) is 12.1 Å². The summed E-state index contributed by atoms with van der Waals surface area (Å²) < 4.78 is 61.0. The summed E-state index contributed by atoms with van der Waals surface area (Å²) in [7, 11) is 0. The predicted octanol–water partition coefficient (Wildman–Crippen LogP) is 1.73. The highest BCUT2D eigenvalue weighted by Crippen LogP contribution is 2.12. The van der Waals surface area contributed by atoms with E-state index in [1.165, 1.54) is 0 Å². The van der Waals surface area contributed by atoms with Crippen molar-refractivity contribution in [2.24, 2.45) is 0 Å². The lowest BCUT2D eigenvalue weighted by molar-refractivity contribution is -0.128. The van der Waals surface area contributed by atoms with Crippen molar-refractivity contribution in [3.8, 4) is 0 Å². The highest BCUT2D eigenvalue weighted by Gasteiger charge is 2.26. The Balaban J connectivity index is 2.34. The summed E-state index contributed by atoms with van der Waals surface area (Å²) in [5.74, 6) is -2.30. The molecular formula is C11H11F5N2O. The van der Waals surface area contributed by atoms with Crippen molar-refractivity contribution in [2.45, 2.75) is 12.7 Å². The van der Waals surface area contributed by atoms with Crippen LogP contribution in [0.5, 0.6) is 0 Å². The minimum absolute atomic E-state index is 0.0468. The highest BCUT2D eigenvalue weighted by molar-refractivity contribution is 5.77. The molecule has 3 nitrogen and oxygen atoms in total. The van der Waals surface area contributed by atoms with E-state index in [-0.39, 0.29) is 12.1 Å². The molecule has 19 heavy (non-hydrogen) atoms. The summed E-state index contributed by atoms with van der Waals surface area (Å²) in [6, 6.07) is 2.82. The van der Waals surface area contributed by atoms with Crippen molar-refractivity contribution >= 4 is 5.91 Å². The Morgan fingerprint density at radius 1 is 1.21 bits per heavy atom. The molecule has 0 radical (unpaired) electrons. The minimum atomic E-state index is -4.40. The third kappa shape index (κ3) is 6.14. The van der Waals surface area contributed by atoms with E-state index in [9.17, 15) is 26.7 Å². The molecule has 0 atom stereocenters. The molecule has 0 bridgehead atoms. The molecule has 1 aromatic carbocycles. The van der Waals surface area contributed by atoms with Gasteiger partial charge in [-0.2, -0.15) is 13.2 Å². The molecule has 0 saturated heterocycles. The van der Waals surface area contributed by atoms with Gasteiger partial charge in [0.05, 0.1) is 13.1 Å². The van der Waals surface area contributed by atoms with Gasteiger partial charge in [-0.15, -0.1) is 0 Å². The van der Waals surface area contributed by atoms with Crippen LogP contribution in [0.25, 0.3) is 0 Å². The minimum Gasteiger partial charge on any atom is -0.351 e. The fourth-order valence-corrected chi connectivity index (χ4v) is 1.24. The average molecular weight is 282 g/mol. The van der Waals surface area contributed by atoms with Gasteiger partial charge in [-0.05, 0) is 6.07 Å². The number of amides is 1. The van der Waals surface area contributed by atoms with Crippen LogP contribution >= 0.6 is 0 Å². The van der Waals surface area contributed by atoms with Crippen LogP contribution in [0.15, 0.2) is 18.2 Å². The van der Waals surface area contributed by atoms with Gasteiger partial charge < -0.3 is 10.6 Å². The number of halogens is 5. The van der Waals surface area contributed by atoms with Crippen LogP contribution in [0.4, 0.5) is 22.0 Å². The fraction of sp³-hybridized carbons (Fsp3) is 0.364. The van der Waals surface area contributed by atoms with Gasteiger partial charge in [0.2, 0.25) is 5.91 Å². The zero-order chi connectivity index (χ0) is 14.5. The lowest BCUT2D eigenvalue weighted by atomic mass is 10.2. The van der Waals surface area contributed by atoms with Crippen molar-refractivity contribution < 1.29 is 26.7 Å². The van der Waals surface area contributed by atoms with E-state index in [1.807, 2.05) is 5.32 Å². The molecular weight excluding hydrogens is 271 g/mol. The standard InChI is InChI=1S/C11H11F5N2O/c12-8-2-1-7(9(13)3-8)4-18-10(19)5-17-6-11(14,15)16/h1-3,17H,4-6H2,(H,18,19). The molecule has 106 valence electrons. The van der Waals surface area contributed by atoms with Crippen LogP contribution in [0.2, 0.25) is 0 Å². The lowest BCUT2D eigenvalue weighted by Gasteiger charge is -2.09. The number of carbonyl (C=O) groups is 1. The van der Waals surface area contributed by atoms with Crippen LogP contribution in [-0.4, -0.2) is 25.2 Å². The third-order valence-corrected chi connectivity index (χ3v) is 2.10. The first kappa shape index (κ1) is 15.4. The smallest absolute Gasteiger partial charge is 0.351 e. The molecule has 0 aliphatic rings. The third-order valence-electron chi connectivity index (χ3n) is 2.10. The van der Waals surface area contributed by atoms with E-state index >= 15 is 0 Å². The van der Waals surface area contributed by atoms with Crippen molar-refractivity contribution in [2.75, 3.05) is 13.1 Å². The van der Waals surface area contributed by atoms with Gasteiger partial charge in [0.25, 0.3) is 0 Å². The molecule has 0 aliphatic carbocycles. The Bertz CT molecular complexity index is 447. The summed E-state index contributed by atoms with van der Waals surface area (Å²) in [6.45, 7) is -2.05. The van der Waals surface area contributed by atoms with Gasteiger partial charge in [0, 0.05) is 18.2 Å². The van der Waals surface area contributed by atoms with Crippen LogP contribution in [-0.2, 0) is 11.3 Å². The van der Waals surface area contributed by atoms with Gasteiger partial charge in [-0.25, -0.2) is 8.78 Å². The number of nitrogens with one attached hydrogen (secondary N) is 2. The zero-order valence-corrected chi connectivity index (χ0v) is 9.65. The number of rotatable bonds is 5. The van der Waals surface area contributed by atoms with E-state index in [4.69, 9.17) is 0 Å². The van der Waals surface area contributed by atoms with Crippen molar-refractivity contribution in [1.29, 1.82) is 0 Å². The Labute approximate surface area is 105 Å². The van der Waals surface area contributed by atoms with Gasteiger partial charge in [0.15, 0.2) is 0 Å². The molecule has 0 spiro atoms. The summed E-state index contributed by atoms with van der Waals surface area (Å²) in [5, 5.41) is 4.11. The van der Waals surface area contributed by atoms with Crippen molar-refractivity contribution in [3.05, 3.63) is 35.4 Å². The molecule has 2 N–H and O–H groups in total.